The van der Waals surface area contributed by atoms with Crippen molar-refractivity contribution < 1.29 is 27.2 Å². The summed E-state index contributed by atoms with van der Waals surface area (Å²) in [6, 6.07) is 6.04. The van der Waals surface area contributed by atoms with Gasteiger partial charge >= 0.3 is 12.1 Å². The highest BCUT2D eigenvalue weighted by Crippen LogP contribution is 2.50. The van der Waals surface area contributed by atoms with Gasteiger partial charge in [0.1, 0.15) is 5.54 Å². The van der Waals surface area contributed by atoms with Gasteiger partial charge in [0.05, 0.1) is 6.10 Å². The Morgan fingerprint density at radius 1 is 1.34 bits per heavy atom. The minimum Gasteiger partial charge on any atom is -0.378 e. The number of carbonyl (C=O) groups excluding carboxylic acids is 1. The van der Waals surface area contributed by atoms with Crippen molar-refractivity contribution in [3.63, 3.8) is 0 Å². The van der Waals surface area contributed by atoms with E-state index in [9.17, 15) is 18.0 Å². The normalized spacial score (nSPS) is 23.1. The summed E-state index contributed by atoms with van der Waals surface area (Å²) < 4.78 is 47.5. The second kappa shape index (κ2) is 7.92. The van der Waals surface area contributed by atoms with Gasteiger partial charge in [-0.3, -0.25) is 4.79 Å². The predicted octanol–water partition coefficient (Wildman–Crippen LogP) is 3.65. The Kier molecular flexibility index (Phi) is 6.32. The molecule has 1 aromatic carbocycles. The molecule has 3 N–H and O–H groups in total. The van der Waals surface area contributed by atoms with Gasteiger partial charge in [0.25, 0.3) is 0 Å². The molecule has 0 bridgehead atoms. The number of alkyl halides is 3. The number of halogens is 4. The fraction of sp³-hybridized carbons (Fsp3) is 0.500. The maximum absolute atomic E-state index is 12.7. The number of amides is 1. The Hall–Kier alpha value is -2.17. The summed E-state index contributed by atoms with van der Waals surface area (Å²) in [6.45, 7) is 6.19. The fourth-order valence-corrected chi connectivity index (χ4v) is 3.22. The molecule has 0 spiro atoms. The Morgan fingerprint density at radius 2 is 1.97 bits per heavy atom. The van der Waals surface area contributed by atoms with Crippen LogP contribution in [0.25, 0.3) is 11.4 Å². The molecule has 0 radical (unpaired) electrons. The van der Waals surface area contributed by atoms with Crippen LogP contribution in [0.3, 0.4) is 0 Å². The van der Waals surface area contributed by atoms with Crippen LogP contribution in [0.2, 0.25) is 0 Å². The number of rotatable bonds is 5. The molecule has 11 heteroatoms. The number of nitrogens with one attached hydrogen (secondary N) is 1. The summed E-state index contributed by atoms with van der Waals surface area (Å²) in [5.74, 6) is -1.96. The summed E-state index contributed by atoms with van der Waals surface area (Å²) in [7, 11) is 0. The third-order valence-electron chi connectivity index (χ3n) is 5.30. The second-order valence-corrected chi connectivity index (χ2v) is 7.29. The lowest BCUT2D eigenvalue weighted by Gasteiger charge is -2.57. The van der Waals surface area contributed by atoms with E-state index >= 15 is 0 Å². The van der Waals surface area contributed by atoms with Gasteiger partial charge in [0.15, 0.2) is 0 Å². The van der Waals surface area contributed by atoms with E-state index in [4.69, 9.17) is 10.5 Å². The standard InChI is InChI=1S/C18H21F3N4O3.ClH/c1-4-27-12-9-17(22,16(12,2)3)14(26)23-11-7-5-10(6-8-11)13-24-15(28-25-13)18(19,20)21;/h5-8,12H,4,9,22H2,1-3H3,(H,23,26);1H. The molecule has 1 heterocycles. The molecule has 160 valence electrons. The van der Waals surface area contributed by atoms with Gasteiger partial charge in [-0.1, -0.05) is 19.0 Å². The quantitative estimate of drug-likeness (QED) is 0.744. The highest BCUT2D eigenvalue weighted by molar-refractivity contribution is 5.99. The van der Waals surface area contributed by atoms with Crippen LogP contribution in [0.4, 0.5) is 18.9 Å². The first-order valence-electron chi connectivity index (χ1n) is 8.72. The zero-order valence-corrected chi connectivity index (χ0v) is 16.9. The molecule has 3 rings (SSSR count). The van der Waals surface area contributed by atoms with Crippen LogP contribution in [0.5, 0.6) is 0 Å². The summed E-state index contributed by atoms with van der Waals surface area (Å²) in [5.41, 5.74) is 5.48. The minimum atomic E-state index is -4.70. The van der Waals surface area contributed by atoms with Crippen molar-refractivity contribution in [1.82, 2.24) is 10.1 Å². The molecule has 29 heavy (non-hydrogen) atoms. The molecule has 1 saturated carbocycles. The number of ether oxygens (including phenoxy) is 1. The lowest BCUT2D eigenvalue weighted by Crippen LogP contribution is -2.74. The lowest BCUT2D eigenvalue weighted by molar-refractivity contribution is -0.166. The third kappa shape index (κ3) is 4.10. The van der Waals surface area contributed by atoms with E-state index in [2.05, 4.69) is 20.0 Å². The van der Waals surface area contributed by atoms with Crippen LogP contribution >= 0.6 is 12.4 Å². The minimum absolute atomic E-state index is 0. The first kappa shape index (κ1) is 23.1. The van der Waals surface area contributed by atoms with E-state index < -0.39 is 23.0 Å². The van der Waals surface area contributed by atoms with Gasteiger partial charge in [-0.15, -0.1) is 12.4 Å². The zero-order valence-electron chi connectivity index (χ0n) is 16.0. The van der Waals surface area contributed by atoms with E-state index in [-0.39, 0.29) is 30.2 Å². The Morgan fingerprint density at radius 3 is 2.45 bits per heavy atom. The van der Waals surface area contributed by atoms with E-state index in [1.807, 2.05) is 20.8 Å². The topological polar surface area (TPSA) is 103 Å². The van der Waals surface area contributed by atoms with Crippen molar-refractivity contribution in [2.45, 2.75) is 45.0 Å². The maximum atomic E-state index is 12.7. The summed E-state index contributed by atoms with van der Waals surface area (Å²) in [6.07, 6.45) is -4.40. The highest BCUT2D eigenvalue weighted by Gasteiger charge is 2.62. The number of carbonyl (C=O) groups is 1. The van der Waals surface area contributed by atoms with Crippen molar-refractivity contribution in [3.8, 4) is 11.4 Å². The number of hydrogen-bond donors (Lipinski definition) is 2. The maximum Gasteiger partial charge on any atom is 0.471 e. The van der Waals surface area contributed by atoms with E-state index in [0.29, 0.717) is 24.3 Å². The molecule has 1 amide bonds. The number of nitrogens with zero attached hydrogens (tertiary/aromatic N) is 2. The Bertz CT molecular complexity index is 870. The molecule has 1 aromatic heterocycles. The Balaban J connectivity index is 0.00000300. The lowest BCUT2D eigenvalue weighted by atomic mass is 9.54. The molecule has 0 saturated heterocycles. The van der Waals surface area contributed by atoms with Gasteiger partial charge in [-0.25, -0.2) is 0 Å². The second-order valence-electron chi connectivity index (χ2n) is 7.29. The summed E-state index contributed by atoms with van der Waals surface area (Å²) >= 11 is 0. The predicted molar refractivity (Wildman–Crippen MR) is 101 cm³/mol. The summed E-state index contributed by atoms with van der Waals surface area (Å²) in [5, 5.41) is 6.07. The SMILES string of the molecule is CCOC1CC(N)(C(=O)Nc2ccc(-c3noc(C(F)(F)F)n3)cc2)C1(C)C.Cl. The van der Waals surface area contributed by atoms with Crippen molar-refractivity contribution in [2.75, 3.05) is 11.9 Å². The van der Waals surface area contributed by atoms with Crippen molar-refractivity contribution in [3.05, 3.63) is 30.2 Å². The highest BCUT2D eigenvalue weighted by atomic mass is 35.5. The summed E-state index contributed by atoms with van der Waals surface area (Å²) in [4.78, 5) is 16.0. The van der Waals surface area contributed by atoms with Crippen LogP contribution in [-0.4, -0.2) is 34.3 Å². The molecule has 7 nitrogen and oxygen atoms in total. The van der Waals surface area contributed by atoms with Crippen molar-refractivity contribution >= 4 is 24.0 Å². The molecule has 2 aromatic rings. The first-order chi connectivity index (χ1) is 13.0. The van der Waals surface area contributed by atoms with Crippen LogP contribution in [0, 0.1) is 5.41 Å². The largest absolute Gasteiger partial charge is 0.471 e. The van der Waals surface area contributed by atoms with Crippen LogP contribution in [0.15, 0.2) is 28.8 Å². The van der Waals surface area contributed by atoms with Crippen LogP contribution < -0.4 is 11.1 Å². The smallest absolute Gasteiger partial charge is 0.378 e. The average molecular weight is 435 g/mol. The third-order valence-corrected chi connectivity index (χ3v) is 5.30. The molecule has 0 aliphatic heterocycles. The fourth-order valence-electron chi connectivity index (χ4n) is 3.22. The number of benzene rings is 1. The van der Waals surface area contributed by atoms with Crippen LogP contribution in [0.1, 0.15) is 33.1 Å². The molecule has 1 aliphatic carbocycles. The van der Waals surface area contributed by atoms with Gasteiger partial charge in [0.2, 0.25) is 11.7 Å². The molecule has 1 aliphatic rings. The molecule has 1 fully saturated rings. The molecule has 2 atom stereocenters. The zero-order chi connectivity index (χ0) is 20.7. The van der Waals surface area contributed by atoms with E-state index in [1.54, 1.807) is 0 Å². The number of anilines is 1. The number of aromatic nitrogens is 2. The number of nitrogens with two attached hydrogens (primary N) is 1. The van der Waals surface area contributed by atoms with Gasteiger partial charge in [-0.05, 0) is 31.2 Å². The van der Waals surface area contributed by atoms with Crippen molar-refractivity contribution in [2.24, 2.45) is 11.1 Å². The van der Waals surface area contributed by atoms with Gasteiger partial charge < -0.3 is 20.3 Å². The molecule has 2 unspecified atom stereocenters. The van der Waals surface area contributed by atoms with E-state index in [1.165, 1.54) is 24.3 Å². The number of hydrogen-bond acceptors (Lipinski definition) is 6. The first-order valence-corrected chi connectivity index (χ1v) is 8.72. The van der Waals surface area contributed by atoms with Gasteiger partial charge in [-0.2, -0.15) is 18.2 Å². The molecular weight excluding hydrogens is 413 g/mol. The molecular formula is C18H22ClF3N4O3. The van der Waals surface area contributed by atoms with E-state index in [0.717, 1.165) is 0 Å². The van der Waals surface area contributed by atoms with Crippen LogP contribution in [-0.2, 0) is 15.7 Å². The average Bonchev–Trinajstić information content (AvgIpc) is 3.12. The van der Waals surface area contributed by atoms with Crippen molar-refractivity contribution in [1.29, 1.82) is 0 Å². The Labute approximate surface area is 171 Å². The monoisotopic (exact) mass is 434 g/mol. The van der Waals surface area contributed by atoms with Gasteiger partial charge in [0, 0.05) is 29.7 Å².